The fraction of sp³-hybridized carbons (Fsp3) is 0.556. The number of hydrogen-bond donors (Lipinski definition) is 0. The molecule has 3 rings (SSSR count). The number of esters is 1. The third kappa shape index (κ3) is 2.86. The summed E-state index contributed by atoms with van der Waals surface area (Å²) in [6, 6.07) is 10.2. The van der Waals surface area contributed by atoms with E-state index in [4.69, 9.17) is 10.00 Å². The first-order valence-electron chi connectivity index (χ1n) is 8.05. The van der Waals surface area contributed by atoms with Crippen molar-refractivity contribution in [1.29, 1.82) is 5.26 Å². The fourth-order valence-corrected chi connectivity index (χ4v) is 4.04. The average molecular weight is 298 g/mol. The number of methoxy groups -OCH3 is 1. The number of ether oxygens (including phenoxy) is 1. The molecule has 0 N–H and O–H groups in total. The van der Waals surface area contributed by atoms with E-state index in [0.717, 1.165) is 18.5 Å². The Morgan fingerprint density at radius 2 is 2.05 bits per heavy atom. The van der Waals surface area contributed by atoms with E-state index in [1.54, 1.807) is 0 Å². The molecule has 3 unspecified atom stereocenters. The second-order valence-electron chi connectivity index (χ2n) is 6.37. The first-order chi connectivity index (χ1) is 10.7. The van der Waals surface area contributed by atoms with Crippen LogP contribution in [0.25, 0.3) is 0 Å². The molecule has 0 radical (unpaired) electrons. The second kappa shape index (κ2) is 6.50. The molecule has 116 valence electrons. The molecule has 1 aliphatic heterocycles. The van der Waals surface area contributed by atoms with Crippen LogP contribution in [-0.4, -0.2) is 30.1 Å². The molecule has 22 heavy (non-hydrogen) atoms. The first-order valence-corrected chi connectivity index (χ1v) is 8.05. The van der Waals surface area contributed by atoms with Crippen molar-refractivity contribution in [2.75, 3.05) is 7.11 Å². The Bertz CT molecular complexity index is 576. The Hall–Kier alpha value is -1.86. The van der Waals surface area contributed by atoms with Gasteiger partial charge in [0.25, 0.3) is 0 Å². The van der Waals surface area contributed by atoms with E-state index in [1.165, 1.54) is 32.8 Å². The summed E-state index contributed by atoms with van der Waals surface area (Å²) in [4.78, 5) is 14.5. The maximum absolute atomic E-state index is 12.2. The normalized spacial score (nSPS) is 27.9. The highest BCUT2D eigenvalue weighted by Crippen LogP contribution is 2.40. The van der Waals surface area contributed by atoms with Gasteiger partial charge in [0.15, 0.2) is 0 Å². The number of carbonyl (C=O) groups excluding carboxylic acids is 1. The highest BCUT2D eigenvalue weighted by Gasteiger charge is 2.45. The van der Waals surface area contributed by atoms with Crippen LogP contribution in [-0.2, 0) is 16.1 Å². The summed E-state index contributed by atoms with van der Waals surface area (Å²) < 4.78 is 5.02. The molecule has 1 aromatic carbocycles. The Morgan fingerprint density at radius 3 is 2.73 bits per heavy atom. The van der Waals surface area contributed by atoms with E-state index >= 15 is 0 Å². The number of fused-ring (bicyclic) bond motifs is 1. The Labute approximate surface area is 131 Å². The van der Waals surface area contributed by atoms with Crippen LogP contribution in [0.3, 0.4) is 0 Å². The summed E-state index contributed by atoms with van der Waals surface area (Å²) in [7, 11) is 1.48. The predicted molar refractivity (Wildman–Crippen MR) is 82.9 cm³/mol. The molecular formula is C18H22N2O2. The van der Waals surface area contributed by atoms with Gasteiger partial charge in [-0.1, -0.05) is 25.0 Å². The van der Waals surface area contributed by atoms with Crippen molar-refractivity contribution in [2.45, 2.75) is 50.7 Å². The maximum atomic E-state index is 12.2. The van der Waals surface area contributed by atoms with Gasteiger partial charge in [-0.3, -0.25) is 9.69 Å². The van der Waals surface area contributed by atoms with Crippen LogP contribution < -0.4 is 0 Å². The third-order valence-corrected chi connectivity index (χ3v) is 5.14. The molecule has 4 heteroatoms. The van der Waals surface area contributed by atoms with E-state index in [1.807, 2.05) is 24.3 Å². The maximum Gasteiger partial charge on any atom is 0.323 e. The van der Waals surface area contributed by atoms with E-state index in [9.17, 15) is 4.79 Å². The van der Waals surface area contributed by atoms with Gasteiger partial charge in [-0.25, -0.2) is 0 Å². The third-order valence-electron chi connectivity index (χ3n) is 5.14. The monoisotopic (exact) mass is 298 g/mol. The van der Waals surface area contributed by atoms with Crippen molar-refractivity contribution in [3.63, 3.8) is 0 Å². The summed E-state index contributed by atoms with van der Waals surface area (Å²) in [6.07, 6.45) is 5.85. The summed E-state index contributed by atoms with van der Waals surface area (Å²) in [5.41, 5.74) is 1.82. The molecule has 1 saturated heterocycles. The van der Waals surface area contributed by atoms with Crippen LogP contribution in [0.5, 0.6) is 0 Å². The van der Waals surface area contributed by atoms with Crippen molar-refractivity contribution in [3.05, 3.63) is 35.4 Å². The van der Waals surface area contributed by atoms with E-state index in [0.29, 0.717) is 17.5 Å². The Morgan fingerprint density at radius 1 is 1.32 bits per heavy atom. The molecule has 0 amide bonds. The van der Waals surface area contributed by atoms with Gasteiger partial charge in [0.05, 0.1) is 18.7 Å². The topological polar surface area (TPSA) is 53.3 Å². The summed E-state index contributed by atoms with van der Waals surface area (Å²) in [5, 5.41) is 8.89. The lowest BCUT2D eigenvalue weighted by Gasteiger charge is -2.33. The lowest BCUT2D eigenvalue weighted by atomic mass is 9.84. The molecule has 2 fully saturated rings. The fourth-order valence-electron chi connectivity index (χ4n) is 4.04. The molecule has 1 saturated carbocycles. The molecule has 1 aliphatic carbocycles. The Balaban J connectivity index is 1.80. The van der Waals surface area contributed by atoms with Crippen LogP contribution in [0.4, 0.5) is 0 Å². The number of rotatable bonds is 3. The van der Waals surface area contributed by atoms with E-state index in [2.05, 4.69) is 11.0 Å². The van der Waals surface area contributed by atoms with Gasteiger partial charge < -0.3 is 4.74 Å². The number of nitrogens with zero attached hydrogens (tertiary/aromatic N) is 2. The molecule has 0 aromatic heterocycles. The number of nitriles is 1. The number of hydrogen-bond acceptors (Lipinski definition) is 4. The SMILES string of the molecule is COC(=O)C1CC2CCCCC2N1Cc1ccc(C#N)cc1. The smallest absolute Gasteiger partial charge is 0.323 e. The minimum Gasteiger partial charge on any atom is -0.468 e. The van der Waals surface area contributed by atoms with Crippen molar-refractivity contribution < 1.29 is 9.53 Å². The van der Waals surface area contributed by atoms with E-state index in [-0.39, 0.29) is 12.0 Å². The molecule has 1 heterocycles. The second-order valence-corrected chi connectivity index (χ2v) is 6.37. The molecule has 1 aromatic rings. The first kappa shape index (κ1) is 15.1. The van der Waals surface area contributed by atoms with Crippen molar-refractivity contribution in [1.82, 2.24) is 4.90 Å². The zero-order chi connectivity index (χ0) is 15.5. The largest absolute Gasteiger partial charge is 0.468 e. The quantitative estimate of drug-likeness (QED) is 0.805. The zero-order valence-electron chi connectivity index (χ0n) is 13.0. The summed E-state index contributed by atoms with van der Waals surface area (Å²) in [5.74, 6) is 0.513. The van der Waals surface area contributed by atoms with Crippen LogP contribution >= 0.6 is 0 Å². The predicted octanol–water partition coefficient (Wildman–Crippen LogP) is 2.86. The molecular weight excluding hydrogens is 276 g/mol. The van der Waals surface area contributed by atoms with Crippen LogP contribution in [0.1, 0.15) is 43.2 Å². The molecule has 2 aliphatic rings. The number of likely N-dealkylation sites (tertiary alicyclic amines) is 1. The minimum absolute atomic E-state index is 0.108. The van der Waals surface area contributed by atoms with Gasteiger partial charge in [0.1, 0.15) is 6.04 Å². The molecule has 0 spiro atoms. The van der Waals surface area contributed by atoms with E-state index < -0.39 is 0 Å². The van der Waals surface area contributed by atoms with Gasteiger partial charge in [-0.2, -0.15) is 5.26 Å². The summed E-state index contributed by atoms with van der Waals surface area (Å²) in [6.45, 7) is 0.757. The van der Waals surface area contributed by atoms with Crippen molar-refractivity contribution in [3.8, 4) is 6.07 Å². The summed E-state index contributed by atoms with van der Waals surface area (Å²) >= 11 is 0. The van der Waals surface area contributed by atoms with Gasteiger partial charge in [0.2, 0.25) is 0 Å². The van der Waals surface area contributed by atoms with Gasteiger partial charge >= 0.3 is 5.97 Å². The van der Waals surface area contributed by atoms with Gasteiger partial charge in [-0.05, 0) is 42.9 Å². The van der Waals surface area contributed by atoms with Crippen molar-refractivity contribution in [2.24, 2.45) is 5.92 Å². The molecule has 3 atom stereocenters. The molecule has 0 bridgehead atoms. The Kier molecular flexibility index (Phi) is 4.44. The number of benzene rings is 1. The lowest BCUT2D eigenvalue weighted by Crippen LogP contribution is -2.42. The van der Waals surface area contributed by atoms with Crippen molar-refractivity contribution >= 4 is 5.97 Å². The van der Waals surface area contributed by atoms with Crippen LogP contribution in [0.2, 0.25) is 0 Å². The number of carbonyl (C=O) groups is 1. The van der Waals surface area contributed by atoms with Gasteiger partial charge in [-0.15, -0.1) is 0 Å². The minimum atomic E-state index is -0.117. The lowest BCUT2D eigenvalue weighted by molar-refractivity contribution is -0.146. The highest BCUT2D eigenvalue weighted by atomic mass is 16.5. The zero-order valence-corrected chi connectivity index (χ0v) is 13.0. The standard InChI is InChI=1S/C18H22N2O2/c1-22-18(21)17-10-15-4-2-3-5-16(15)20(17)12-14-8-6-13(11-19)7-9-14/h6-9,15-17H,2-5,10,12H2,1H3. The molecule has 4 nitrogen and oxygen atoms in total. The average Bonchev–Trinajstić information content (AvgIpc) is 2.93. The van der Waals surface area contributed by atoms with Crippen LogP contribution in [0.15, 0.2) is 24.3 Å². The van der Waals surface area contributed by atoms with Gasteiger partial charge in [0, 0.05) is 12.6 Å². The van der Waals surface area contributed by atoms with Crippen LogP contribution in [0, 0.1) is 17.2 Å². The highest BCUT2D eigenvalue weighted by molar-refractivity contribution is 5.76.